The van der Waals surface area contributed by atoms with Gasteiger partial charge in [-0.15, -0.1) is 0 Å². The Morgan fingerprint density at radius 1 is 0.900 bits per heavy atom. The van der Waals surface area contributed by atoms with Crippen LogP contribution in [0.1, 0.15) is 57.9 Å². The Labute approximate surface area is 230 Å². The zero-order valence-electron chi connectivity index (χ0n) is 21.5. The van der Waals surface area contributed by atoms with E-state index in [0.717, 1.165) is 12.8 Å². The number of benzene rings is 2. The van der Waals surface area contributed by atoms with E-state index < -0.39 is 27.0 Å². The number of carbonyl (C=O) groups is 2. The molecule has 2 amide bonds. The second-order valence-corrected chi connectivity index (χ2v) is 12.1. The fraction of sp³-hybridized carbons (Fsp3) is 0.286. The molecule has 1 aliphatic carbocycles. The maximum Gasteiger partial charge on any atom is 0.270 e. The number of hydrogen-bond donors (Lipinski definition) is 2. The topological polar surface area (TPSA) is 126 Å². The normalized spacial score (nSPS) is 16.2. The average molecular weight is 563 g/mol. The van der Waals surface area contributed by atoms with E-state index in [0.29, 0.717) is 37.5 Å². The van der Waals surface area contributed by atoms with Crippen LogP contribution in [0.15, 0.2) is 67.0 Å². The van der Waals surface area contributed by atoms with E-state index in [1.165, 1.54) is 46.7 Å². The molecule has 1 saturated heterocycles. The van der Waals surface area contributed by atoms with Crippen molar-refractivity contribution in [3.05, 3.63) is 89.5 Å². The van der Waals surface area contributed by atoms with E-state index in [9.17, 15) is 22.4 Å². The van der Waals surface area contributed by atoms with Crippen LogP contribution in [0.3, 0.4) is 0 Å². The number of nitrogens with one attached hydrogen (secondary N) is 2. The van der Waals surface area contributed by atoms with Gasteiger partial charge in [-0.25, -0.2) is 22.5 Å². The maximum atomic E-state index is 13.7. The Morgan fingerprint density at radius 3 is 2.27 bits per heavy atom. The quantitative estimate of drug-likeness (QED) is 0.350. The van der Waals surface area contributed by atoms with Crippen LogP contribution in [0.25, 0.3) is 5.65 Å². The van der Waals surface area contributed by atoms with Gasteiger partial charge < -0.3 is 10.2 Å². The van der Waals surface area contributed by atoms with Crippen LogP contribution < -0.4 is 10.0 Å². The second kappa shape index (κ2) is 10.3. The van der Waals surface area contributed by atoms with Gasteiger partial charge in [0.15, 0.2) is 5.65 Å². The number of nitrogens with zero attached hydrogens (tertiary/aromatic N) is 4. The first-order valence-electron chi connectivity index (χ1n) is 13.1. The first-order chi connectivity index (χ1) is 19.3. The number of anilines is 2. The minimum atomic E-state index is -3.78. The van der Waals surface area contributed by atoms with Gasteiger partial charge in [-0.3, -0.25) is 9.59 Å². The number of sulfonamides is 1. The molecule has 2 fully saturated rings. The first-order valence-corrected chi connectivity index (χ1v) is 14.6. The summed E-state index contributed by atoms with van der Waals surface area (Å²) < 4.78 is 41.6. The van der Waals surface area contributed by atoms with Crippen LogP contribution in [0, 0.1) is 5.82 Å². The molecule has 10 nitrogen and oxygen atoms in total. The van der Waals surface area contributed by atoms with Crippen molar-refractivity contribution in [1.29, 1.82) is 0 Å². The molecule has 12 heteroatoms. The van der Waals surface area contributed by atoms with Gasteiger partial charge in [0.05, 0.1) is 11.4 Å². The van der Waals surface area contributed by atoms with Crippen LogP contribution >= 0.6 is 0 Å². The first kappa shape index (κ1) is 25.9. The maximum absolute atomic E-state index is 13.7. The molecule has 0 radical (unpaired) electrons. The van der Waals surface area contributed by atoms with Gasteiger partial charge >= 0.3 is 0 Å². The average Bonchev–Trinajstić information content (AvgIpc) is 3.74. The summed E-state index contributed by atoms with van der Waals surface area (Å²) in [5, 5.41) is 6.83. The van der Waals surface area contributed by atoms with Crippen molar-refractivity contribution in [2.75, 3.05) is 18.4 Å². The number of halogens is 1. The molecule has 6 rings (SSSR count). The molecule has 0 bridgehead atoms. The smallest absolute Gasteiger partial charge is 0.270 e. The van der Waals surface area contributed by atoms with Gasteiger partial charge in [0.1, 0.15) is 22.8 Å². The van der Waals surface area contributed by atoms with Gasteiger partial charge in [0, 0.05) is 25.0 Å². The summed E-state index contributed by atoms with van der Waals surface area (Å²) in [6.45, 7) is 1.11. The van der Waals surface area contributed by atoms with Gasteiger partial charge in [-0.05, 0) is 61.4 Å². The molecule has 0 spiro atoms. The van der Waals surface area contributed by atoms with E-state index in [1.54, 1.807) is 4.90 Å². The molecule has 206 valence electrons. The van der Waals surface area contributed by atoms with Crippen LogP contribution in [0.5, 0.6) is 0 Å². The lowest BCUT2D eigenvalue weighted by Crippen LogP contribution is -2.38. The molecule has 1 saturated carbocycles. The number of carbonyl (C=O) groups excluding carboxylic acids is 2. The fourth-order valence-corrected chi connectivity index (χ4v) is 6.29. The van der Waals surface area contributed by atoms with Crippen LogP contribution in [0.2, 0.25) is 0 Å². The van der Waals surface area contributed by atoms with Crippen molar-refractivity contribution < 1.29 is 22.4 Å². The zero-order chi connectivity index (χ0) is 27.9. The molecule has 4 aromatic rings. The Bertz CT molecular complexity index is 1680. The minimum absolute atomic E-state index is 0.0472. The predicted molar refractivity (Wildman–Crippen MR) is 146 cm³/mol. The van der Waals surface area contributed by atoms with Crippen molar-refractivity contribution in [1.82, 2.24) is 24.2 Å². The molecule has 2 aromatic carbocycles. The molecular formula is C28H27FN6O4S. The summed E-state index contributed by atoms with van der Waals surface area (Å²) in [5.74, 6) is -0.928. The lowest BCUT2D eigenvalue weighted by molar-refractivity contribution is 0.0713. The Morgan fingerprint density at radius 2 is 1.60 bits per heavy atom. The third kappa shape index (κ3) is 5.14. The minimum Gasteiger partial charge on any atom is -0.339 e. The fourth-order valence-electron chi connectivity index (χ4n) is 5.00. The predicted octanol–water partition coefficient (Wildman–Crippen LogP) is 3.85. The number of fused-ring (bicyclic) bond motifs is 1. The molecule has 0 atom stereocenters. The standard InChI is InChI=1S/C28H27FN6O4S/c29-20-6-8-21(9-7-20)32-26-24(28(37)34-14-12-19(13-15-34)18-4-2-1-3-5-18)16-30-25-23(17-31-35(25)26)27(36)33-40(38,39)22-10-11-22/h1-9,16-17,19,22,32H,10-15H2,(H,33,36). The van der Waals surface area contributed by atoms with E-state index in [1.807, 2.05) is 18.2 Å². The van der Waals surface area contributed by atoms with E-state index in [2.05, 4.69) is 32.3 Å². The molecule has 2 aliphatic rings. The highest BCUT2D eigenvalue weighted by molar-refractivity contribution is 7.91. The molecule has 2 N–H and O–H groups in total. The van der Waals surface area contributed by atoms with Crippen molar-refractivity contribution >= 4 is 39.0 Å². The Balaban J connectivity index is 1.31. The Kier molecular flexibility index (Phi) is 6.70. The van der Waals surface area contributed by atoms with Gasteiger partial charge in [-0.2, -0.15) is 9.61 Å². The summed E-state index contributed by atoms with van der Waals surface area (Å²) >= 11 is 0. The highest BCUT2D eigenvalue weighted by Crippen LogP contribution is 2.31. The van der Waals surface area contributed by atoms with Crippen molar-refractivity contribution in [2.45, 2.75) is 36.9 Å². The Hall–Kier alpha value is -4.32. The number of aromatic nitrogens is 3. The molecule has 2 aromatic heterocycles. The third-order valence-corrected chi connectivity index (χ3v) is 9.18. The largest absolute Gasteiger partial charge is 0.339 e. The summed E-state index contributed by atoms with van der Waals surface area (Å²) in [4.78, 5) is 32.7. The number of piperidine rings is 1. The number of rotatable bonds is 7. The number of likely N-dealkylation sites (tertiary alicyclic amines) is 1. The number of amides is 2. The SMILES string of the molecule is O=C(NS(=O)(=O)C1CC1)c1cnn2c(Nc3ccc(F)cc3)c(C(=O)N3CCC(c4ccccc4)CC3)cnc12. The van der Waals surface area contributed by atoms with Crippen molar-refractivity contribution in [3.8, 4) is 0 Å². The van der Waals surface area contributed by atoms with E-state index >= 15 is 0 Å². The van der Waals surface area contributed by atoms with E-state index in [-0.39, 0.29) is 28.5 Å². The molecule has 0 unspecified atom stereocenters. The molecule has 40 heavy (non-hydrogen) atoms. The molecule has 3 heterocycles. The lowest BCUT2D eigenvalue weighted by Gasteiger charge is -2.32. The monoisotopic (exact) mass is 562 g/mol. The van der Waals surface area contributed by atoms with Gasteiger partial charge in [-0.1, -0.05) is 30.3 Å². The van der Waals surface area contributed by atoms with Crippen LogP contribution in [-0.4, -0.2) is 58.1 Å². The van der Waals surface area contributed by atoms with Crippen LogP contribution in [0.4, 0.5) is 15.9 Å². The van der Waals surface area contributed by atoms with Crippen molar-refractivity contribution in [2.24, 2.45) is 0 Å². The summed E-state index contributed by atoms with van der Waals surface area (Å²) in [6, 6.07) is 15.8. The van der Waals surface area contributed by atoms with Crippen LogP contribution in [-0.2, 0) is 10.0 Å². The highest BCUT2D eigenvalue weighted by atomic mass is 32.2. The van der Waals surface area contributed by atoms with E-state index in [4.69, 9.17) is 0 Å². The summed E-state index contributed by atoms with van der Waals surface area (Å²) in [6.07, 6.45) is 5.22. The molecule has 1 aliphatic heterocycles. The van der Waals surface area contributed by atoms with Gasteiger partial charge in [0.25, 0.3) is 11.8 Å². The summed E-state index contributed by atoms with van der Waals surface area (Å²) in [7, 11) is -3.78. The highest BCUT2D eigenvalue weighted by Gasteiger charge is 2.37. The lowest BCUT2D eigenvalue weighted by atomic mass is 9.89. The molecular weight excluding hydrogens is 535 g/mol. The zero-order valence-corrected chi connectivity index (χ0v) is 22.3. The number of hydrogen-bond acceptors (Lipinski definition) is 7. The third-order valence-electron chi connectivity index (χ3n) is 7.36. The second-order valence-electron chi connectivity index (χ2n) is 10.1. The summed E-state index contributed by atoms with van der Waals surface area (Å²) in [5.41, 5.74) is 1.99. The van der Waals surface area contributed by atoms with Crippen molar-refractivity contribution in [3.63, 3.8) is 0 Å². The van der Waals surface area contributed by atoms with Gasteiger partial charge in [0.2, 0.25) is 10.0 Å².